The lowest BCUT2D eigenvalue weighted by molar-refractivity contribution is -0.896. The van der Waals surface area contributed by atoms with Crippen LogP contribution in [0.3, 0.4) is 0 Å². The SMILES string of the molecule is C[N+]1(C)CCC(OC(=O)C(c2ccccc2)c2ccc(Cl)c(Cl)c2)CC1. The molecule has 0 N–H and O–H groups in total. The van der Waals surface area contributed by atoms with E-state index in [1.54, 1.807) is 12.1 Å². The van der Waals surface area contributed by atoms with Gasteiger partial charge >= 0.3 is 5.97 Å². The Morgan fingerprint density at radius 2 is 1.65 bits per heavy atom. The van der Waals surface area contributed by atoms with Crippen molar-refractivity contribution in [1.82, 2.24) is 0 Å². The van der Waals surface area contributed by atoms with Crippen molar-refractivity contribution < 1.29 is 14.0 Å². The lowest BCUT2D eigenvalue weighted by atomic mass is 9.91. The zero-order valence-corrected chi connectivity index (χ0v) is 16.6. The number of benzene rings is 2. The second-order valence-electron chi connectivity index (χ2n) is 7.54. The number of nitrogens with zero attached hydrogens (tertiary/aromatic N) is 1. The molecule has 0 aliphatic carbocycles. The van der Waals surface area contributed by atoms with Crippen LogP contribution in [0.5, 0.6) is 0 Å². The standard InChI is InChI=1S/C21H24Cl2NO2/c1-24(2)12-10-17(11-13-24)26-21(25)20(15-6-4-3-5-7-15)16-8-9-18(22)19(23)14-16/h3-9,14,17,20H,10-13H2,1-2H3/q+1. The van der Waals surface area contributed by atoms with Crippen molar-refractivity contribution in [3.63, 3.8) is 0 Å². The van der Waals surface area contributed by atoms with Gasteiger partial charge in [0.15, 0.2) is 0 Å². The number of halogens is 2. The Morgan fingerprint density at radius 1 is 1.00 bits per heavy atom. The van der Waals surface area contributed by atoms with Crippen LogP contribution < -0.4 is 0 Å². The molecule has 1 aliphatic heterocycles. The Kier molecular flexibility index (Phi) is 5.91. The van der Waals surface area contributed by atoms with Gasteiger partial charge in [0, 0.05) is 12.8 Å². The minimum atomic E-state index is -0.504. The smallest absolute Gasteiger partial charge is 0.318 e. The number of rotatable bonds is 4. The highest BCUT2D eigenvalue weighted by atomic mass is 35.5. The third-order valence-corrected chi connectivity index (χ3v) is 5.78. The number of carbonyl (C=O) groups excluding carboxylic acids is 1. The van der Waals surface area contributed by atoms with Gasteiger partial charge in [-0.3, -0.25) is 4.79 Å². The van der Waals surface area contributed by atoms with Crippen LogP contribution in [0.25, 0.3) is 0 Å². The third kappa shape index (κ3) is 4.59. The predicted molar refractivity (Wildman–Crippen MR) is 106 cm³/mol. The molecule has 1 unspecified atom stereocenters. The summed E-state index contributed by atoms with van der Waals surface area (Å²) in [6.45, 7) is 2.03. The van der Waals surface area contributed by atoms with Crippen LogP contribution in [0.2, 0.25) is 10.0 Å². The van der Waals surface area contributed by atoms with Crippen LogP contribution in [-0.4, -0.2) is 43.7 Å². The first-order valence-electron chi connectivity index (χ1n) is 8.88. The van der Waals surface area contributed by atoms with Crippen LogP contribution in [0, 0.1) is 0 Å². The molecule has 138 valence electrons. The zero-order chi connectivity index (χ0) is 18.7. The number of quaternary nitrogens is 1. The van der Waals surface area contributed by atoms with E-state index < -0.39 is 5.92 Å². The fourth-order valence-electron chi connectivity index (χ4n) is 3.40. The summed E-state index contributed by atoms with van der Waals surface area (Å²) in [5.41, 5.74) is 1.69. The fraction of sp³-hybridized carbons (Fsp3) is 0.381. The normalized spacial score (nSPS) is 18.3. The largest absolute Gasteiger partial charge is 0.461 e. The van der Waals surface area contributed by atoms with Crippen molar-refractivity contribution in [2.45, 2.75) is 24.9 Å². The maximum absolute atomic E-state index is 13.1. The molecule has 1 aliphatic rings. The van der Waals surface area contributed by atoms with Crippen LogP contribution >= 0.6 is 23.2 Å². The van der Waals surface area contributed by atoms with Crippen LogP contribution in [0.4, 0.5) is 0 Å². The predicted octanol–water partition coefficient (Wildman–Crippen LogP) is 4.91. The van der Waals surface area contributed by atoms with Crippen LogP contribution in [0.15, 0.2) is 48.5 Å². The summed E-state index contributed by atoms with van der Waals surface area (Å²) in [5, 5.41) is 0.914. The quantitative estimate of drug-likeness (QED) is 0.545. The summed E-state index contributed by atoms with van der Waals surface area (Å²) >= 11 is 12.2. The van der Waals surface area contributed by atoms with E-state index >= 15 is 0 Å². The second-order valence-corrected chi connectivity index (χ2v) is 8.35. The van der Waals surface area contributed by atoms with E-state index in [4.69, 9.17) is 27.9 Å². The molecule has 0 spiro atoms. The molecule has 1 heterocycles. The van der Waals surface area contributed by atoms with Crippen LogP contribution in [-0.2, 0) is 9.53 Å². The molecule has 0 bridgehead atoms. The first-order chi connectivity index (χ1) is 12.4. The summed E-state index contributed by atoms with van der Waals surface area (Å²) in [6.07, 6.45) is 1.76. The fourth-order valence-corrected chi connectivity index (χ4v) is 3.70. The molecule has 0 aromatic heterocycles. The van der Waals surface area contributed by atoms with E-state index in [9.17, 15) is 4.79 Å². The van der Waals surface area contributed by atoms with E-state index in [0.29, 0.717) is 10.0 Å². The monoisotopic (exact) mass is 392 g/mol. The van der Waals surface area contributed by atoms with Gasteiger partial charge < -0.3 is 9.22 Å². The number of carbonyl (C=O) groups is 1. The second kappa shape index (κ2) is 7.99. The average Bonchev–Trinajstić information content (AvgIpc) is 2.61. The molecule has 2 aromatic carbocycles. The van der Waals surface area contributed by atoms with Gasteiger partial charge in [0.1, 0.15) is 12.0 Å². The molecule has 1 saturated heterocycles. The lowest BCUT2D eigenvalue weighted by Crippen LogP contribution is -2.48. The Balaban J connectivity index is 1.84. The van der Waals surface area contributed by atoms with E-state index in [1.807, 2.05) is 36.4 Å². The number of ether oxygens (including phenoxy) is 1. The lowest BCUT2D eigenvalue weighted by Gasteiger charge is -2.37. The summed E-state index contributed by atoms with van der Waals surface area (Å²) in [4.78, 5) is 13.1. The third-order valence-electron chi connectivity index (χ3n) is 5.04. The summed E-state index contributed by atoms with van der Waals surface area (Å²) < 4.78 is 6.88. The van der Waals surface area contributed by atoms with Crippen molar-refractivity contribution in [2.75, 3.05) is 27.2 Å². The van der Waals surface area contributed by atoms with E-state index in [0.717, 1.165) is 41.5 Å². The van der Waals surface area contributed by atoms with Gasteiger partial charge in [-0.1, -0.05) is 59.6 Å². The highest BCUT2D eigenvalue weighted by Gasteiger charge is 2.32. The number of hydrogen-bond acceptors (Lipinski definition) is 2. The number of piperidine rings is 1. The molecule has 0 saturated carbocycles. The number of hydrogen-bond donors (Lipinski definition) is 0. The maximum atomic E-state index is 13.1. The van der Waals surface area contributed by atoms with Crippen molar-refractivity contribution >= 4 is 29.2 Å². The molecule has 0 radical (unpaired) electrons. The molecular formula is C21H24Cl2NO2+. The van der Waals surface area contributed by atoms with Crippen molar-refractivity contribution in [2.24, 2.45) is 0 Å². The summed E-state index contributed by atoms with van der Waals surface area (Å²) in [6, 6.07) is 15.0. The summed E-state index contributed by atoms with van der Waals surface area (Å²) in [7, 11) is 4.42. The highest BCUT2D eigenvalue weighted by Crippen LogP contribution is 2.32. The Hall–Kier alpha value is -1.55. The molecule has 3 nitrogen and oxygen atoms in total. The molecular weight excluding hydrogens is 369 g/mol. The van der Waals surface area contributed by atoms with E-state index in [2.05, 4.69) is 14.1 Å². The van der Waals surface area contributed by atoms with Crippen molar-refractivity contribution in [3.8, 4) is 0 Å². The van der Waals surface area contributed by atoms with Gasteiger partial charge in [-0.05, 0) is 23.3 Å². The average molecular weight is 393 g/mol. The molecule has 3 rings (SSSR count). The Bertz CT molecular complexity index is 767. The molecule has 0 amide bonds. The molecule has 2 aromatic rings. The highest BCUT2D eigenvalue weighted by molar-refractivity contribution is 6.42. The van der Waals surface area contributed by atoms with Gasteiger partial charge in [0.2, 0.25) is 0 Å². The first kappa shape index (κ1) is 19.2. The van der Waals surface area contributed by atoms with Crippen LogP contribution in [0.1, 0.15) is 29.9 Å². The molecule has 5 heteroatoms. The molecule has 1 atom stereocenters. The van der Waals surface area contributed by atoms with Crippen molar-refractivity contribution in [3.05, 3.63) is 69.7 Å². The van der Waals surface area contributed by atoms with Crippen molar-refractivity contribution in [1.29, 1.82) is 0 Å². The minimum Gasteiger partial charge on any atom is -0.461 e. The van der Waals surface area contributed by atoms with E-state index in [-0.39, 0.29) is 12.1 Å². The van der Waals surface area contributed by atoms with Gasteiger partial charge in [-0.15, -0.1) is 0 Å². The topological polar surface area (TPSA) is 26.3 Å². The first-order valence-corrected chi connectivity index (χ1v) is 9.64. The minimum absolute atomic E-state index is 0.0253. The van der Waals surface area contributed by atoms with E-state index in [1.165, 1.54) is 0 Å². The maximum Gasteiger partial charge on any atom is 0.318 e. The number of likely N-dealkylation sites (tertiary alicyclic amines) is 1. The molecule has 26 heavy (non-hydrogen) atoms. The number of esters is 1. The Labute approximate surface area is 165 Å². The Morgan fingerprint density at radius 3 is 2.27 bits per heavy atom. The van der Waals surface area contributed by atoms with Gasteiger partial charge in [-0.2, -0.15) is 0 Å². The van der Waals surface area contributed by atoms with Gasteiger partial charge in [-0.25, -0.2) is 0 Å². The zero-order valence-electron chi connectivity index (χ0n) is 15.1. The van der Waals surface area contributed by atoms with Gasteiger partial charge in [0.25, 0.3) is 0 Å². The van der Waals surface area contributed by atoms with Gasteiger partial charge in [0.05, 0.1) is 37.2 Å². The summed E-state index contributed by atoms with van der Waals surface area (Å²) in [5.74, 6) is -0.734. The molecule has 1 fully saturated rings.